The maximum Gasteiger partial charge on any atom is 0.231 e. The van der Waals surface area contributed by atoms with Crippen LogP contribution in [0.4, 0.5) is 0 Å². The molecule has 0 aliphatic carbocycles. The number of hydrogen-bond donors (Lipinski definition) is 1. The lowest BCUT2D eigenvalue weighted by atomic mass is 10.1. The number of fused-ring (bicyclic) bond motifs is 1. The molecule has 1 N–H and O–H groups in total. The summed E-state index contributed by atoms with van der Waals surface area (Å²) in [5.74, 6) is 3.16. The Balaban J connectivity index is 1.50. The van der Waals surface area contributed by atoms with E-state index in [1.165, 1.54) is 11.1 Å². The molecule has 0 radical (unpaired) electrons. The fourth-order valence-corrected chi connectivity index (χ4v) is 2.55. The molecule has 0 saturated heterocycles. The zero-order valence-corrected chi connectivity index (χ0v) is 13.4. The molecule has 0 unspecified atom stereocenters. The first-order valence-corrected chi connectivity index (χ1v) is 7.60. The summed E-state index contributed by atoms with van der Waals surface area (Å²) < 4.78 is 21.3. The third-order valence-corrected chi connectivity index (χ3v) is 3.80. The molecule has 5 heteroatoms. The van der Waals surface area contributed by atoms with E-state index in [2.05, 4.69) is 17.4 Å². The van der Waals surface area contributed by atoms with E-state index in [1.54, 1.807) is 14.2 Å². The van der Waals surface area contributed by atoms with Crippen molar-refractivity contribution in [3.05, 3.63) is 47.5 Å². The van der Waals surface area contributed by atoms with Crippen LogP contribution in [-0.4, -0.2) is 27.6 Å². The maximum absolute atomic E-state index is 5.39. The second-order valence-corrected chi connectivity index (χ2v) is 5.30. The fourth-order valence-electron chi connectivity index (χ4n) is 2.55. The van der Waals surface area contributed by atoms with Crippen molar-refractivity contribution in [3.63, 3.8) is 0 Å². The molecule has 122 valence electrons. The van der Waals surface area contributed by atoms with Gasteiger partial charge in [0.15, 0.2) is 23.0 Å². The zero-order chi connectivity index (χ0) is 16.1. The van der Waals surface area contributed by atoms with Gasteiger partial charge in [-0.1, -0.05) is 12.1 Å². The summed E-state index contributed by atoms with van der Waals surface area (Å²) in [6.07, 6.45) is 0.922. The van der Waals surface area contributed by atoms with Crippen molar-refractivity contribution in [2.24, 2.45) is 0 Å². The van der Waals surface area contributed by atoms with Crippen molar-refractivity contribution >= 4 is 0 Å². The van der Waals surface area contributed by atoms with Gasteiger partial charge in [0, 0.05) is 6.54 Å². The minimum absolute atomic E-state index is 0.311. The van der Waals surface area contributed by atoms with Gasteiger partial charge in [-0.2, -0.15) is 0 Å². The monoisotopic (exact) mass is 315 g/mol. The molecule has 1 heterocycles. The quantitative estimate of drug-likeness (QED) is 0.796. The first kappa shape index (κ1) is 15.5. The van der Waals surface area contributed by atoms with Crippen molar-refractivity contribution in [3.8, 4) is 23.0 Å². The number of hydrogen-bond acceptors (Lipinski definition) is 5. The zero-order valence-electron chi connectivity index (χ0n) is 13.4. The molecule has 2 aromatic carbocycles. The topological polar surface area (TPSA) is 49.0 Å². The van der Waals surface area contributed by atoms with Crippen LogP contribution in [0, 0.1) is 0 Å². The van der Waals surface area contributed by atoms with Gasteiger partial charge < -0.3 is 24.3 Å². The Morgan fingerprint density at radius 3 is 2.52 bits per heavy atom. The largest absolute Gasteiger partial charge is 0.493 e. The van der Waals surface area contributed by atoms with Crippen LogP contribution in [0.3, 0.4) is 0 Å². The molecule has 0 fully saturated rings. The van der Waals surface area contributed by atoms with Gasteiger partial charge in [0.25, 0.3) is 0 Å². The number of ether oxygens (including phenoxy) is 4. The lowest BCUT2D eigenvalue weighted by Gasteiger charge is -2.10. The normalized spacial score (nSPS) is 12.3. The van der Waals surface area contributed by atoms with Crippen LogP contribution in [0.15, 0.2) is 36.4 Å². The average Bonchev–Trinajstić information content (AvgIpc) is 3.06. The number of benzene rings is 2. The minimum atomic E-state index is 0.311. The molecule has 0 spiro atoms. The van der Waals surface area contributed by atoms with Gasteiger partial charge in [0.05, 0.1) is 14.2 Å². The fraction of sp³-hybridized carbons (Fsp3) is 0.333. The highest BCUT2D eigenvalue weighted by Crippen LogP contribution is 2.32. The van der Waals surface area contributed by atoms with E-state index >= 15 is 0 Å². The van der Waals surface area contributed by atoms with Crippen molar-refractivity contribution in [1.82, 2.24) is 5.32 Å². The summed E-state index contributed by atoms with van der Waals surface area (Å²) in [5, 5.41) is 3.44. The highest BCUT2D eigenvalue weighted by Gasteiger charge is 2.12. The van der Waals surface area contributed by atoms with E-state index in [-0.39, 0.29) is 0 Å². The summed E-state index contributed by atoms with van der Waals surface area (Å²) in [6, 6.07) is 12.0. The van der Waals surface area contributed by atoms with Gasteiger partial charge >= 0.3 is 0 Å². The molecular weight excluding hydrogens is 294 g/mol. The predicted octanol–water partition coefficient (Wildman–Crippen LogP) is 2.76. The third-order valence-electron chi connectivity index (χ3n) is 3.80. The first-order chi connectivity index (χ1) is 11.3. The Morgan fingerprint density at radius 1 is 0.913 bits per heavy atom. The smallest absolute Gasteiger partial charge is 0.231 e. The van der Waals surface area contributed by atoms with E-state index < -0.39 is 0 Å². The third kappa shape index (κ3) is 3.68. The molecular formula is C18H21NO4. The van der Waals surface area contributed by atoms with Crippen molar-refractivity contribution in [1.29, 1.82) is 0 Å². The van der Waals surface area contributed by atoms with Gasteiger partial charge in [-0.25, -0.2) is 0 Å². The molecule has 0 atom stereocenters. The highest BCUT2D eigenvalue weighted by atomic mass is 16.7. The van der Waals surface area contributed by atoms with Crippen LogP contribution in [0.2, 0.25) is 0 Å². The molecule has 2 aromatic rings. The van der Waals surface area contributed by atoms with Crippen LogP contribution >= 0.6 is 0 Å². The van der Waals surface area contributed by atoms with Gasteiger partial charge in [-0.15, -0.1) is 0 Å². The summed E-state index contributed by atoms with van der Waals surface area (Å²) in [6.45, 7) is 1.99. The lowest BCUT2D eigenvalue weighted by molar-refractivity contribution is 0.174. The van der Waals surface area contributed by atoms with Crippen molar-refractivity contribution in [2.45, 2.75) is 13.0 Å². The van der Waals surface area contributed by atoms with E-state index in [4.69, 9.17) is 18.9 Å². The van der Waals surface area contributed by atoms with Crippen LogP contribution in [0.25, 0.3) is 0 Å². The molecule has 0 amide bonds. The predicted molar refractivity (Wildman–Crippen MR) is 87.5 cm³/mol. The van der Waals surface area contributed by atoms with E-state index in [1.807, 2.05) is 24.3 Å². The SMILES string of the molecule is COc1ccc(CCNCc2ccc3c(c2)OCO3)cc1OC. The summed E-state index contributed by atoms with van der Waals surface area (Å²) in [5.41, 5.74) is 2.39. The minimum Gasteiger partial charge on any atom is -0.493 e. The van der Waals surface area contributed by atoms with Gasteiger partial charge in [-0.3, -0.25) is 0 Å². The molecule has 1 aliphatic heterocycles. The van der Waals surface area contributed by atoms with Crippen LogP contribution in [0.1, 0.15) is 11.1 Å². The average molecular weight is 315 g/mol. The second-order valence-electron chi connectivity index (χ2n) is 5.30. The van der Waals surface area contributed by atoms with Crippen molar-refractivity contribution < 1.29 is 18.9 Å². The standard InChI is InChI=1S/C18H21NO4/c1-20-15-5-3-13(9-17(15)21-2)7-8-19-11-14-4-6-16-18(10-14)23-12-22-16/h3-6,9-10,19H,7-8,11-12H2,1-2H3. The molecule has 0 aromatic heterocycles. The Hall–Kier alpha value is -2.40. The second kappa shape index (κ2) is 7.24. The lowest BCUT2D eigenvalue weighted by Crippen LogP contribution is -2.16. The van der Waals surface area contributed by atoms with Gasteiger partial charge in [-0.05, 0) is 48.4 Å². The summed E-state index contributed by atoms with van der Waals surface area (Å²) in [4.78, 5) is 0. The Kier molecular flexibility index (Phi) is 4.88. The number of nitrogens with one attached hydrogen (secondary N) is 1. The van der Waals surface area contributed by atoms with Crippen LogP contribution in [-0.2, 0) is 13.0 Å². The highest BCUT2D eigenvalue weighted by molar-refractivity contribution is 5.44. The molecule has 5 nitrogen and oxygen atoms in total. The Morgan fingerprint density at radius 2 is 1.70 bits per heavy atom. The van der Waals surface area contributed by atoms with E-state index in [0.29, 0.717) is 6.79 Å². The van der Waals surface area contributed by atoms with Crippen LogP contribution in [0.5, 0.6) is 23.0 Å². The Bertz CT molecular complexity index is 672. The van der Waals surface area contributed by atoms with Crippen LogP contribution < -0.4 is 24.3 Å². The van der Waals surface area contributed by atoms with Gasteiger partial charge in [0.1, 0.15) is 0 Å². The van der Waals surface area contributed by atoms with E-state index in [9.17, 15) is 0 Å². The summed E-state index contributed by atoms with van der Waals surface area (Å²) >= 11 is 0. The molecule has 1 aliphatic rings. The molecule has 3 rings (SSSR count). The molecule has 0 bridgehead atoms. The molecule has 23 heavy (non-hydrogen) atoms. The van der Waals surface area contributed by atoms with Crippen molar-refractivity contribution in [2.75, 3.05) is 27.6 Å². The summed E-state index contributed by atoms with van der Waals surface area (Å²) in [7, 11) is 3.30. The van der Waals surface area contributed by atoms with E-state index in [0.717, 1.165) is 42.5 Å². The number of rotatable bonds is 7. The van der Waals surface area contributed by atoms with Gasteiger partial charge in [0.2, 0.25) is 6.79 Å². The Labute approximate surface area is 136 Å². The first-order valence-electron chi connectivity index (χ1n) is 7.60. The maximum atomic E-state index is 5.39. The molecule has 0 saturated carbocycles. The number of methoxy groups -OCH3 is 2.